The largest absolute Gasteiger partial charge is 0.464 e. The van der Waals surface area contributed by atoms with Gasteiger partial charge in [-0.25, -0.2) is 4.79 Å². The Kier molecular flexibility index (Phi) is 11.8. The Labute approximate surface area is 169 Å². The second kappa shape index (κ2) is 13.5. The van der Waals surface area contributed by atoms with Gasteiger partial charge in [-0.15, -0.1) is 6.42 Å². The van der Waals surface area contributed by atoms with E-state index in [-0.39, 0.29) is 24.4 Å². The third-order valence-electron chi connectivity index (χ3n) is 5.28. The Hall–Kier alpha value is -1.64. The molecule has 1 saturated carbocycles. The molecule has 0 radical (unpaired) electrons. The van der Waals surface area contributed by atoms with Gasteiger partial charge in [-0.3, -0.25) is 4.79 Å². The van der Waals surface area contributed by atoms with Crippen LogP contribution in [-0.4, -0.2) is 42.3 Å². The van der Waals surface area contributed by atoms with Crippen molar-refractivity contribution in [2.24, 2.45) is 11.8 Å². The molecule has 1 fully saturated rings. The van der Waals surface area contributed by atoms with Gasteiger partial charge in [-0.05, 0) is 44.9 Å². The zero-order valence-electron chi connectivity index (χ0n) is 17.5. The van der Waals surface area contributed by atoms with Crippen molar-refractivity contribution in [1.29, 1.82) is 0 Å². The van der Waals surface area contributed by atoms with E-state index < -0.39 is 5.60 Å². The number of hydrogen-bond donors (Lipinski definition) is 1. The van der Waals surface area contributed by atoms with Gasteiger partial charge in [0.25, 0.3) is 0 Å². The molecule has 0 amide bonds. The maximum absolute atomic E-state index is 12.2. The number of aliphatic hydroxyl groups is 1. The lowest BCUT2D eigenvalue weighted by molar-refractivity contribution is -0.148. The zero-order valence-corrected chi connectivity index (χ0v) is 17.5. The van der Waals surface area contributed by atoms with E-state index in [9.17, 15) is 14.7 Å². The highest BCUT2D eigenvalue weighted by atomic mass is 16.6. The summed E-state index contributed by atoms with van der Waals surface area (Å²) in [6, 6.07) is 0. The molecule has 3 atom stereocenters. The van der Waals surface area contributed by atoms with Crippen LogP contribution in [0, 0.1) is 24.2 Å². The van der Waals surface area contributed by atoms with Crippen LogP contribution in [0.25, 0.3) is 0 Å². The Balaban J connectivity index is 2.36. The van der Waals surface area contributed by atoms with Crippen LogP contribution in [0.5, 0.6) is 0 Å². The lowest BCUT2D eigenvalue weighted by Gasteiger charge is -2.20. The number of unbranched alkanes of at least 4 members (excludes halogenated alkanes) is 2. The van der Waals surface area contributed by atoms with E-state index in [1.54, 1.807) is 6.92 Å². The van der Waals surface area contributed by atoms with Crippen LogP contribution < -0.4 is 0 Å². The van der Waals surface area contributed by atoms with Crippen LogP contribution in [-0.2, 0) is 19.1 Å². The Morgan fingerprint density at radius 3 is 2.82 bits per heavy atom. The molecule has 5 heteroatoms. The average molecular weight is 393 g/mol. The molecule has 1 rings (SSSR count). The molecular weight excluding hydrogens is 356 g/mol. The zero-order chi connectivity index (χ0) is 20.8. The van der Waals surface area contributed by atoms with Gasteiger partial charge in [0, 0.05) is 25.4 Å². The number of rotatable bonds is 14. The molecule has 1 unspecified atom stereocenters. The third kappa shape index (κ3) is 9.03. The third-order valence-corrected chi connectivity index (χ3v) is 5.28. The molecule has 0 aliphatic heterocycles. The normalized spacial score (nSPS) is 21.6. The van der Waals surface area contributed by atoms with Crippen molar-refractivity contribution in [3.05, 3.63) is 12.2 Å². The fourth-order valence-electron chi connectivity index (χ4n) is 3.61. The van der Waals surface area contributed by atoms with Crippen LogP contribution in [0.2, 0.25) is 0 Å². The molecule has 158 valence electrons. The van der Waals surface area contributed by atoms with Crippen molar-refractivity contribution in [2.75, 3.05) is 19.8 Å². The second-order valence-corrected chi connectivity index (χ2v) is 7.54. The number of allylic oxidation sites excluding steroid dienone is 1. The predicted molar refractivity (Wildman–Crippen MR) is 110 cm³/mol. The van der Waals surface area contributed by atoms with Crippen molar-refractivity contribution in [1.82, 2.24) is 0 Å². The van der Waals surface area contributed by atoms with Gasteiger partial charge in [0.05, 0.1) is 6.61 Å². The molecule has 1 N–H and O–H groups in total. The second-order valence-electron chi connectivity index (χ2n) is 7.54. The summed E-state index contributed by atoms with van der Waals surface area (Å²) in [7, 11) is 0. The van der Waals surface area contributed by atoms with E-state index in [4.69, 9.17) is 15.9 Å². The first-order valence-corrected chi connectivity index (χ1v) is 10.6. The molecule has 1 aliphatic carbocycles. The number of hydrogen-bond acceptors (Lipinski definition) is 5. The van der Waals surface area contributed by atoms with Crippen molar-refractivity contribution in [3.8, 4) is 12.3 Å². The SMILES string of the molecule is C#CC(O)(CC=C[C@H]1CCC(=O)[C@@H]1CCCCOCC(=O)OCC)CCCC. The highest BCUT2D eigenvalue weighted by Gasteiger charge is 2.32. The van der Waals surface area contributed by atoms with Crippen molar-refractivity contribution in [3.63, 3.8) is 0 Å². The Morgan fingerprint density at radius 1 is 1.36 bits per heavy atom. The summed E-state index contributed by atoms with van der Waals surface area (Å²) >= 11 is 0. The lowest BCUT2D eigenvalue weighted by atomic mass is 9.88. The summed E-state index contributed by atoms with van der Waals surface area (Å²) < 4.78 is 10.1. The van der Waals surface area contributed by atoms with Crippen LogP contribution in [0.15, 0.2) is 12.2 Å². The maximum Gasteiger partial charge on any atom is 0.332 e. The quantitative estimate of drug-likeness (QED) is 0.210. The monoisotopic (exact) mass is 392 g/mol. The van der Waals surface area contributed by atoms with Gasteiger partial charge in [0.15, 0.2) is 0 Å². The minimum Gasteiger partial charge on any atom is -0.464 e. The summed E-state index contributed by atoms with van der Waals surface area (Å²) in [5.74, 6) is 2.76. The van der Waals surface area contributed by atoms with Gasteiger partial charge in [-0.2, -0.15) is 0 Å². The first kappa shape index (κ1) is 24.4. The number of Topliss-reactive ketones (excluding diaryl/α,β-unsaturated/α-hetero) is 1. The van der Waals surface area contributed by atoms with Crippen molar-refractivity contribution < 1.29 is 24.2 Å². The molecule has 0 heterocycles. The van der Waals surface area contributed by atoms with Gasteiger partial charge < -0.3 is 14.6 Å². The van der Waals surface area contributed by atoms with Crippen LogP contribution in [0.3, 0.4) is 0 Å². The van der Waals surface area contributed by atoms with Crippen LogP contribution in [0.1, 0.15) is 71.6 Å². The molecule has 1 aliphatic rings. The fourth-order valence-corrected chi connectivity index (χ4v) is 3.61. The predicted octanol–water partition coefficient (Wildman–Crippen LogP) is 3.83. The lowest BCUT2D eigenvalue weighted by Crippen LogP contribution is -2.25. The molecule has 0 aromatic carbocycles. The molecule has 0 spiro atoms. The first-order valence-electron chi connectivity index (χ1n) is 10.6. The molecule has 0 aromatic heterocycles. The first-order chi connectivity index (χ1) is 13.5. The fraction of sp³-hybridized carbons (Fsp3) is 0.739. The van der Waals surface area contributed by atoms with Gasteiger partial charge in [0.1, 0.15) is 18.0 Å². The van der Waals surface area contributed by atoms with E-state index in [0.29, 0.717) is 38.3 Å². The number of ether oxygens (including phenoxy) is 2. The molecule has 28 heavy (non-hydrogen) atoms. The summed E-state index contributed by atoms with van der Waals surface area (Å²) in [5.41, 5.74) is -1.08. The summed E-state index contributed by atoms with van der Waals surface area (Å²) in [4.78, 5) is 23.4. The van der Waals surface area contributed by atoms with Crippen LogP contribution >= 0.6 is 0 Å². The number of carbonyl (C=O) groups is 2. The number of ketones is 1. The summed E-state index contributed by atoms with van der Waals surface area (Å²) in [6.07, 6.45) is 16.5. The molecule has 0 saturated heterocycles. The summed E-state index contributed by atoms with van der Waals surface area (Å²) in [6.45, 7) is 4.67. The molecule has 0 bridgehead atoms. The Morgan fingerprint density at radius 2 is 2.14 bits per heavy atom. The van der Waals surface area contributed by atoms with Gasteiger partial charge in [-0.1, -0.05) is 37.8 Å². The smallest absolute Gasteiger partial charge is 0.332 e. The van der Waals surface area contributed by atoms with Crippen LogP contribution in [0.4, 0.5) is 0 Å². The van der Waals surface area contributed by atoms with E-state index in [1.165, 1.54) is 0 Å². The topological polar surface area (TPSA) is 72.8 Å². The number of terminal acetylenes is 1. The van der Waals surface area contributed by atoms with Gasteiger partial charge in [0.2, 0.25) is 0 Å². The summed E-state index contributed by atoms with van der Waals surface area (Å²) in [5, 5.41) is 10.4. The molecule has 0 aromatic rings. The van der Waals surface area contributed by atoms with E-state index in [0.717, 1.165) is 38.5 Å². The molecule has 5 nitrogen and oxygen atoms in total. The molecular formula is C23H36O5. The average Bonchev–Trinajstić information content (AvgIpc) is 3.03. The highest BCUT2D eigenvalue weighted by Crippen LogP contribution is 2.34. The van der Waals surface area contributed by atoms with Gasteiger partial charge >= 0.3 is 5.97 Å². The number of carbonyl (C=O) groups excluding carboxylic acids is 2. The Bertz CT molecular complexity index is 548. The van der Waals surface area contributed by atoms with Crippen molar-refractivity contribution >= 4 is 11.8 Å². The van der Waals surface area contributed by atoms with E-state index in [2.05, 4.69) is 18.9 Å². The number of esters is 1. The maximum atomic E-state index is 12.2. The highest BCUT2D eigenvalue weighted by molar-refractivity contribution is 5.83. The van der Waals surface area contributed by atoms with E-state index >= 15 is 0 Å². The van der Waals surface area contributed by atoms with E-state index in [1.807, 2.05) is 6.08 Å². The minimum absolute atomic E-state index is 0.0162. The standard InChI is InChI=1S/C23H36O5/c1-4-7-15-23(26,5-2)16-10-11-19-13-14-21(24)20(19)12-8-9-17-27-18-22(25)28-6-3/h2,10-11,19-20,26H,4,6-9,12-18H2,1,3H3/t19-,20+,23?/m0/s1. The minimum atomic E-state index is -1.08. The van der Waals surface area contributed by atoms with Crippen molar-refractivity contribution in [2.45, 2.75) is 77.2 Å².